The second-order valence-electron chi connectivity index (χ2n) is 10.6. The van der Waals surface area contributed by atoms with E-state index >= 15 is 0 Å². The highest BCUT2D eigenvalue weighted by Crippen LogP contribution is 2.70. The minimum Gasteiger partial charge on any atom is -0.426 e. The van der Waals surface area contributed by atoms with E-state index in [0.29, 0.717) is 44.5 Å². The first-order chi connectivity index (χ1) is 17.6. The lowest BCUT2D eigenvalue weighted by molar-refractivity contribution is -0.145. The van der Waals surface area contributed by atoms with Crippen LogP contribution in [-0.4, -0.2) is 15.9 Å². The second kappa shape index (κ2) is 8.02. The molecule has 0 spiro atoms. The Morgan fingerprint density at radius 2 is 1.41 bits per heavy atom. The molecule has 1 saturated carbocycles. The number of ether oxygens (including phenoxy) is 1. The molecular formula is C30H23Cl2N3O2. The Labute approximate surface area is 225 Å². The lowest BCUT2D eigenvalue weighted by Crippen LogP contribution is -2.48. The van der Waals surface area contributed by atoms with Gasteiger partial charge in [0.15, 0.2) is 0 Å². The SMILES string of the molecule is CC12CCC(C(=O)Oc3ccc(-c4ccc(C#N)cc4)cc3)(c3nc4cc(Cl)c(Cl)cc4nc31)C2(C)C. The summed E-state index contributed by atoms with van der Waals surface area (Å²) in [5, 5.41) is 9.85. The number of carbonyl (C=O) groups excluding carboxylic acids is 1. The van der Waals surface area contributed by atoms with Gasteiger partial charge in [0.25, 0.3) is 0 Å². The molecule has 6 rings (SSSR count). The average molecular weight is 528 g/mol. The van der Waals surface area contributed by atoms with E-state index in [9.17, 15) is 4.79 Å². The Kier molecular flexibility index (Phi) is 5.18. The van der Waals surface area contributed by atoms with Crippen molar-refractivity contribution in [2.45, 2.75) is 44.4 Å². The van der Waals surface area contributed by atoms with Gasteiger partial charge in [0.05, 0.1) is 44.1 Å². The average Bonchev–Trinajstić information content (AvgIpc) is 3.18. The summed E-state index contributed by atoms with van der Waals surface area (Å²) in [7, 11) is 0. The van der Waals surface area contributed by atoms with E-state index in [1.165, 1.54) is 0 Å². The molecule has 2 unspecified atom stereocenters. The summed E-state index contributed by atoms with van der Waals surface area (Å²) in [5.74, 6) is 0.151. The molecule has 184 valence electrons. The van der Waals surface area contributed by atoms with Crippen molar-refractivity contribution in [3.8, 4) is 22.9 Å². The quantitative estimate of drug-likeness (QED) is 0.204. The van der Waals surface area contributed by atoms with Crippen LogP contribution in [0.3, 0.4) is 0 Å². The highest BCUT2D eigenvalue weighted by Gasteiger charge is 2.74. The normalized spacial score (nSPS) is 23.0. The smallest absolute Gasteiger partial charge is 0.324 e. The Morgan fingerprint density at radius 3 is 1.97 bits per heavy atom. The maximum absolute atomic E-state index is 14.0. The van der Waals surface area contributed by atoms with E-state index in [1.807, 2.05) is 24.3 Å². The Hall–Kier alpha value is -3.46. The molecule has 5 nitrogen and oxygen atoms in total. The van der Waals surface area contributed by atoms with Crippen LogP contribution in [0.2, 0.25) is 10.0 Å². The molecule has 2 bridgehead atoms. The summed E-state index contributed by atoms with van der Waals surface area (Å²) in [6.07, 6.45) is 1.44. The number of nitriles is 1. The van der Waals surface area contributed by atoms with Crippen molar-refractivity contribution in [1.82, 2.24) is 9.97 Å². The molecular weight excluding hydrogens is 505 g/mol. The predicted octanol–water partition coefficient (Wildman–Crippen LogP) is 7.41. The van der Waals surface area contributed by atoms with Crippen molar-refractivity contribution in [2.75, 3.05) is 0 Å². The lowest BCUT2D eigenvalue weighted by atomic mass is 9.64. The first-order valence-corrected chi connectivity index (χ1v) is 12.9. The van der Waals surface area contributed by atoms with E-state index in [-0.39, 0.29) is 11.4 Å². The number of aromatic nitrogens is 2. The predicted molar refractivity (Wildman–Crippen MR) is 144 cm³/mol. The van der Waals surface area contributed by atoms with Crippen molar-refractivity contribution >= 4 is 40.2 Å². The molecule has 2 aliphatic carbocycles. The van der Waals surface area contributed by atoms with Crippen LogP contribution in [0.4, 0.5) is 0 Å². The van der Waals surface area contributed by atoms with Gasteiger partial charge < -0.3 is 4.74 Å². The molecule has 0 amide bonds. The van der Waals surface area contributed by atoms with Crippen molar-refractivity contribution in [3.05, 3.63) is 87.7 Å². The standard InChI is InChI=1S/C30H23Cl2N3O2/c1-28(2)29(3)12-13-30(28,26-25(29)34-23-14-21(31)22(32)15-24(23)35-26)27(36)37-20-10-8-19(9-11-20)18-6-4-17(16-33)5-7-18/h4-11,14-15H,12-13H2,1-3H3. The zero-order valence-electron chi connectivity index (χ0n) is 20.6. The van der Waals surface area contributed by atoms with Gasteiger partial charge in [0, 0.05) is 5.41 Å². The molecule has 2 atom stereocenters. The summed E-state index contributed by atoms with van der Waals surface area (Å²) < 4.78 is 6.04. The lowest BCUT2D eigenvalue weighted by Gasteiger charge is -2.38. The molecule has 1 fully saturated rings. The molecule has 0 aliphatic heterocycles. The van der Waals surface area contributed by atoms with E-state index in [4.69, 9.17) is 43.2 Å². The zero-order valence-corrected chi connectivity index (χ0v) is 22.1. The Morgan fingerprint density at radius 1 is 0.865 bits per heavy atom. The van der Waals surface area contributed by atoms with Crippen molar-refractivity contribution in [3.63, 3.8) is 0 Å². The Bertz CT molecular complexity index is 1640. The van der Waals surface area contributed by atoms with Crippen LogP contribution < -0.4 is 4.74 Å². The van der Waals surface area contributed by atoms with Crippen LogP contribution in [0.15, 0.2) is 60.7 Å². The van der Waals surface area contributed by atoms with Crippen LogP contribution >= 0.6 is 23.2 Å². The topological polar surface area (TPSA) is 75.9 Å². The maximum atomic E-state index is 14.0. The molecule has 37 heavy (non-hydrogen) atoms. The number of hydrogen-bond donors (Lipinski definition) is 0. The fourth-order valence-electron chi connectivity index (χ4n) is 6.20. The summed E-state index contributed by atoms with van der Waals surface area (Å²) in [5.41, 5.74) is 3.61. The molecule has 4 aromatic rings. The minimum absolute atomic E-state index is 0.320. The first-order valence-electron chi connectivity index (χ1n) is 12.1. The molecule has 2 aliphatic rings. The zero-order chi connectivity index (χ0) is 26.2. The second-order valence-corrected chi connectivity index (χ2v) is 11.5. The van der Waals surface area contributed by atoms with Crippen molar-refractivity contribution in [2.24, 2.45) is 5.41 Å². The highest BCUT2D eigenvalue weighted by molar-refractivity contribution is 6.42. The number of hydrogen-bond acceptors (Lipinski definition) is 5. The largest absolute Gasteiger partial charge is 0.426 e. The fraction of sp³-hybridized carbons (Fsp3) is 0.267. The molecule has 7 heteroatoms. The maximum Gasteiger partial charge on any atom is 0.324 e. The van der Waals surface area contributed by atoms with Crippen LogP contribution in [0, 0.1) is 16.7 Å². The molecule has 3 aromatic carbocycles. The number of benzene rings is 3. The van der Waals surface area contributed by atoms with E-state index < -0.39 is 10.8 Å². The van der Waals surface area contributed by atoms with Crippen LogP contribution in [0.5, 0.6) is 5.75 Å². The number of rotatable bonds is 3. The number of halogens is 2. The molecule has 0 radical (unpaired) electrons. The summed E-state index contributed by atoms with van der Waals surface area (Å²) in [6.45, 7) is 6.39. The third-order valence-corrected chi connectivity index (χ3v) is 9.56. The number of nitrogens with zero attached hydrogens (tertiary/aromatic N) is 3. The van der Waals surface area contributed by atoms with Crippen molar-refractivity contribution < 1.29 is 9.53 Å². The van der Waals surface area contributed by atoms with Crippen LogP contribution in [0.25, 0.3) is 22.2 Å². The monoisotopic (exact) mass is 527 g/mol. The van der Waals surface area contributed by atoms with Gasteiger partial charge in [-0.1, -0.05) is 68.2 Å². The van der Waals surface area contributed by atoms with Crippen LogP contribution in [0.1, 0.15) is 50.6 Å². The van der Waals surface area contributed by atoms with E-state index in [1.54, 1.807) is 36.4 Å². The highest BCUT2D eigenvalue weighted by atomic mass is 35.5. The minimum atomic E-state index is -0.934. The summed E-state index contributed by atoms with van der Waals surface area (Å²) >= 11 is 12.5. The Balaban J connectivity index is 1.38. The fourth-order valence-corrected chi connectivity index (χ4v) is 6.51. The van der Waals surface area contributed by atoms with Gasteiger partial charge in [-0.3, -0.25) is 4.79 Å². The van der Waals surface area contributed by atoms with E-state index in [0.717, 1.165) is 23.2 Å². The molecule has 1 aromatic heterocycles. The third kappa shape index (κ3) is 3.19. The first kappa shape index (κ1) is 23.9. The number of carbonyl (C=O) groups is 1. The summed E-state index contributed by atoms with van der Waals surface area (Å²) in [6, 6.07) is 20.3. The molecule has 0 N–H and O–H groups in total. The van der Waals surface area contributed by atoms with Gasteiger partial charge in [0.2, 0.25) is 0 Å². The van der Waals surface area contributed by atoms with Crippen molar-refractivity contribution in [1.29, 1.82) is 5.26 Å². The molecule has 1 heterocycles. The van der Waals surface area contributed by atoms with Gasteiger partial charge in [-0.25, -0.2) is 9.97 Å². The number of fused-ring (bicyclic) bond motifs is 6. The van der Waals surface area contributed by atoms with Gasteiger partial charge in [-0.05, 0) is 65.8 Å². The van der Waals surface area contributed by atoms with Gasteiger partial charge in [-0.2, -0.15) is 5.26 Å². The van der Waals surface area contributed by atoms with Crippen LogP contribution in [-0.2, 0) is 15.6 Å². The van der Waals surface area contributed by atoms with Gasteiger partial charge >= 0.3 is 5.97 Å². The molecule has 0 saturated heterocycles. The van der Waals surface area contributed by atoms with Gasteiger partial charge in [0.1, 0.15) is 11.2 Å². The number of esters is 1. The van der Waals surface area contributed by atoms with E-state index in [2.05, 4.69) is 26.8 Å². The third-order valence-electron chi connectivity index (χ3n) is 8.84. The van der Waals surface area contributed by atoms with Gasteiger partial charge in [-0.15, -0.1) is 0 Å². The summed E-state index contributed by atoms with van der Waals surface area (Å²) in [4.78, 5) is 24.0.